The largest absolute Gasteiger partial charge is 0.488 e. The number of benzene rings is 4. The van der Waals surface area contributed by atoms with Gasteiger partial charge in [-0.3, -0.25) is 0 Å². The molecule has 0 aliphatic carbocycles. The zero-order valence-corrected chi connectivity index (χ0v) is 16.5. The number of para-hydroxylation sites is 2. The maximum Gasteiger partial charge on any atom is 0.488 e. The minimum Gasteiger partial charge on any atom is -0.455 e. The molecule has 0 spiro atoms. The number of nitrogens with zero attached hydrogens (tertiary/aromatic N) is 1. The molecule has 0 saturated heterocycles. The molecule has 6 aromatic rings. The van der Waals surface area contributed by atoms with Gasteiger partial charge in [0.1, 0.15) is 11.2 Å². The van der Waals surface area contributed by atoms with Gasteiger partial charge in [0.25, 0.3) is 0 Å². The Labute approximate surface area is 173 Å². The van der Waals surface area contributed by atoms with E-state index in [0.717, 1.165) is 11.2 Å². The molecule has 0 radical (unpaired) electrons. The highest BCUT2D eigenvalue weighted by atomic mass is 16.4. The lowest BCUT2D eigenvalue weighted by atomic mass is 9.81. The second-order valence-electron chi connectivity index (χ2n) is 7.30. The fraction of sp³-hybridized carbons (Fsp3) is 0.0400. The van der Waals surface area contributed by atoms with E-state index in [0.29, 0.717) is 5.46 Å². The van der Waals surface area contributed by atoms with E-state index in [1.165, 1.54) is 32.6 Å². The second kappa shape index (κ2) is 7.37. The zero-order chi connectivity index (χ0) is 20.7. The van der Waals surface area contributed by atoms with Gasteiger partial charge in [-0.2, -0.15) is 0 Å². The lowest BCUT2D eigenvalue weighted by molar-refractivity contribution is 0.426. The minimum atomic E-state index is -1.34. The van der Waals surface area contributed by atoms with Crippen molar-refractivity contribution in [2.45, 2.75) is 0 Å². The van der Waals surface area contributed by atoms with E-state index in [-0.39, 0.29) is 0 Å². The summed E-state index contributed by atoms with van der Waals surface area (Å²) in [6, 6.07) is 29.8. The topological polar surface area (TPSA) is 58.5 Å². The lowest BCUT2D eigenvalue weighted by Gasteiger charge is -1.97. The van der Waals surface area contributed by atoms with Crippen molar-refractivity contribution in [3.05, 3.63) is 91.0 Å². The highest BCUT2D eigenvalue weighted by molar-refractivity contribution is 6.58. The van der Waals surface area contributed by atoms with E-state index < -0.39 is 7.12 Å². The van der Waals surface area contributed by atoms with Gasteiger partial charge in [-0.05, 0) is 29.7 Å². The number of aryl methyl sites for hydroxylation is 1. The van der Waals surface area contributed by atoms with Gasteiger partial charge in [-0.25, -0.2) is 0 Å². The molecular formula is C25H20BNO3. The van der Waals surface area contributed by atoms with E-state index in [4.69, 9.17) is 14.5 Å². The monoisotopic (exact) mass is 393 g/mol. The number of rotatable bonds is 1. The smallest absolute Gasteiger partial charge is 0.455 e. The molecule has 0 unspecified atom stereocenters. The van der Waals surface area contributed by atoms with Crippen molar-refractivity contribution in [3.8, 4) is 0 Å². The van der Waals surface area contributed by atoms with Crippen molar-refractivity contribution in [2.75, 3.05) is 0 Å². The van der Waals surface area contributed by atoms with Gasteiger partial charge in [0.15, 0.2) is 0 Å². The number of hydrogen-bond donors (Lipinski definition) is 2. The van der Waals surface area contributed by atoms with Crippen molar-refractivity contribution >= 4 is 56.3 Å². The summed E-state index contributed by atoms with van der Waals surface area (Å²) < 4.78 is 8.41. The van der Waals surface area contributed by atoms with Crippen LogP contribution in [0.15, 0.2) is 95.4 Å². The summed E-state index contributed by atoms with van der Waals surface area (Å²) >= 11 is 0. The lowest BCUT2D eigenvalue weighted by Crippen LogP contribution is -2.29. The highest BCUT2D eigenvalue weighted by Gasteiger charge is 2.15. The van der Waals surface area contributed by atoms with Crippen molar-refractivity contribution in [1.82, 2.24) is 4.57 Å². The number of aromatic nitrogens is 1. The Morgan fingerprint density at radius 3 is 2.07 bits per heavy atom. The normalized spacial score (nSPS) is 11.2. The molecule has 2 N–H and O–H groups in total. The van der Waals surface area contributed by atoms with Crippen molar-refractivity contribution in [2.24, 2.45) is 7.05 Å². The third-order valence-corrected chi connectivity index (χ3v) is 5.52. The summed E-state index contributed by atoms with van der Waals surface area (Å²) in [5.41, 5.74) is 4.92. The first kappa shape index (κ1) is 18.5. The van der Waals surface area contributed by atoms with Crippen LogP contribution in [0.4, 0.5) is 0 Å². The van der Waals surface area contributed by atoms with Crippen LogP contribution in [0.1, 0.15) is 0 Å². The van der Waals surface area contributed by atoms with Crippen LogP contribution in [0.25, 0.3) is 43.7 Å². The number of furan rings is 1. The molecule has 0 amide bonds. The highest BCUT2D eigenvalue weighted by Crippen LogP contribution is 2.38. The predicted molar refractivity (Wildman–Crippen MR) is 124 cm³/mol. The molecule has 4 aromatic carbocycles. The van der Waals surface area contributed by atoms with Crippen LogP contribution in [0.2, 0.25) is 0 Å². The Morgan fingerprint density at radius 1 is 0.667 bits per heavy atom. The minimum absolute atomic E-state index is 0.525. The number of hydrogen-bond acceptors (Lipinski definition) is 3. The molecule has 146 valence electrons. The molecule has 4 nitrogen and oxygen atoms in total. The molecule has 0 aliphatic heterocycles. The van der Waals surface area contributed by atoms with Crippen LogP contribution in [-0.4, -0.2) is 21.7 Å². The molecule has 0 fully saturated rings. The summed E-state index contributed by atoms with van der Waals surface area (Å²) in [5.74, 6) is 0. The Kier molecular flexibility index (Phi) is 4.54. The standard InChI is InChI=1S/C19H13NO.C6H7BO2/c1-20-15-8-4-2-7-14(15)18-16(20)11-10-13-12-6-3-5-9-17(12)21-19(13)18;8-7(9)6-4-2-1-3-5-6/h2-11H,1H3;1-5,8-9H. The van der Waals surface area contributed by atoms with E-state index in [1.54, 1.807) is 24.3 Å². The first-order chi connectivity index (χ1) is 14.6. The van der Waals surface area contributed by atoms with Gasteiger partial charge < -0.3 is 19.0 Å². The van der Waals surface area contributed by atoms with Gasteiger partial charge >= 0.3 is 7.12 Å². The van der Waals surface area contributed by atoms with Gasteiger partial charge in [0, 0.05) is 28.7 Å². The molecule has 2 heterocycles. The summed E-state index contributed by atoms with van der Waals surface area (Å²) in [4.78, 5) is 0. The molecule has 6 rings (SSSR count). The van der Waals surface area contributed by atoms with Crippen LogP contribution < -0.4 is 5.46 Å². The molecule has 0 aliphatic rings. The summed E-state index contributed by atoms with van der Waals surface area (Å²) in [6.07, 6.45) is 0. The first-order valence-corrected chi connectivity index (χ1v) is 9.83. The van der Waals surface area contributed by atoms with Gasteiger partial charge in [0.2, 0.25) is 0 Å². The Morgan fingerprint density at radius 2 is 1.33 bits per heavy atom. The average Bonchev–Trinajstić information content (AvgIpc) is 3.31. The second-order valence-corrected chi connectivity index (χ2v) is 7.30. The van der Waals surface area contributed by atoms with E-state index in [9.17, 15) is 0 Å². The summed E-state index contributed by atoms with van der Waals surface area (Å²) in [6.45, 7) is 0. The summed E-state index contributed by atoms with van der Waals surface area (Å²) in [5, 5.41) is 22.0. The summed E-state index contributed by atoms with van der Waals surface area (Å²) in [7, 11) is 0.769. The molecule has 30 heavy (non-hydrogen) atoms. The molecule has 0 bridgehead atoms. The zero-order valence-electron chi connectivity index (χ0n) is 16.5. The maximum atomic E-state index is 8.58. The molecule has 5 heteroatoms. The Bertz CT molecular complexity index is 1480. The molecule has 0 saturated carbocycles. The Hall–Kier alpha value is -3.54. The van der Waals surface area contributed by atoms with Crippen LogP contribution in [0.5, 0.6) is 0 Å². The van der Waals surface area contributed by atoms with Crippen molar-refractivity contribution in [3.63, 3.8) is 0 Å². The molecule has 0 atom stereocenters. The third kappa shape index (κ3) is 2.96. The first-order valence-electron chi connectivity index (χ1n) is 9.83. The average molecular weight is 393 g/mol. The van der Waals surface area contributed by atoms with Crippen LogP contribution in [0.3, 0.4) is 0 Å². The van der Waals surface area contributed by atoms with Crippen molar-refractivity contribution in [1.29, 1.82) is 0 Å². The third-order valence-electron chi connectivity index (χ3n) is 5.52. The van der Waals surface area contributed by atoms with E-state index in [2.05, 4.69) is 60.1 Å². The fourth-order valence-electron chi connectivity index (χ4n) is 4.05. The Balaban J connectivity index is 0.000000182. The van der Waals surface area contributed by atoms with Crippen LogP contribution in [0, 0.1) is 0 Å². The van der Waals surface area contributed by atoms with E-state index >= 15 is 0 Å². The van der Waals surface area contributed by atoms with E-state index in [1.807, 2.05) is 18.2 Å². The van der Waals surface area contributed by atoms with Gasteiger partial charge in [-0.1, -0.05) is 66.7 Å². The maximum absolute atomic E-state index is 8.58. The van der Waals surface area contributed by atoms with Crippen LogP contribution in [-0.2, 0) is 7.05 Å². The quantitative estimate of drug-likeness (QED) is 0.402. The predicted octanol–water partition coefficient (Wildman–Crippen LogP) is 4.60. The fourth-order valence-corrected chi connectivity index (χ4v) is 4.05. The van der Waals surface area contributed by atoms with Gasteiger partial charge in [0.05, 0.1) is 10.9 Å². The van der Waals surface area contributed by atoms with Gasteiger partial charge in [-0.15, -0.1) is 0 Å². The SMILES string of the molecule is Cn1c2ccccc2c2c3oc4ccccc4c3ccc21.OB(O)c1ccccc1. The van der Waals surface area contributed by atoms with Crippen molar-refractivity contribution < 1.29 is 14.5 Å². The van der Waals surface area contributed by atoms with Crippen LogP contribution >= 0.6 is 0 Å². The molecule has 2 aromatic heterocycles. The molecular weight excluding hydrogens is 373 g/mol. The number of fused-ring (bicyclic) bond motifs is 7.